The summed E-state index contributed by atoms with van der Waals surface area (Å²) in [5.74, 6) is 0. The minimum absolute atomic E-state index is 0. The summed E-state index contributed by atoms with van der Waals surface area (Å²) in [7, 11) is 18.8. The standard InChI is InChI=1S/15CH4.69H2/h15*1H4;69*1H/i15*1T;41*1+2T;28*1+2. The molecule has 0 saturated carbocycles. The molecule has 0 radical (unpaired) electrons. The molecule has 0 aliphatic rings. The van der Waals surface area contributed by atoms with Crippen molar-refractivity contribution in [3.8, 4) is 0 Å². The van der Waals surface area contributed by atoms with Crippen LogP contribution >= 0.6 is 0 Å². The van der Waals surface area contributed by atoms with E-state index < -0.39 is 0 Å². The van der Waals surface area contributed by atoms with Crippen molar-refractivity contribution in [3.63, 3.8) is 0 Å². The third-order valence-corrected chi connectivity index (χ3v) is 0. The van der Waals surface area contributed by atoms with E-state index in [9.17, 15) is 0 Å². The van der Waals surface area contributed by atoms with E-state index in [2.05, 4.69) is 0 Å². The molecule has 0 rings (SSSR count). The molecule has 0 aromatic heterocycles. The van der Waals surface area contributed by atoms with Crippen molar-refractivity contribution in [2.75, 3.05) is 0 Å². The Hall–Kier alpha value is 0. The summed E-state index contributed by atoms with van der Waals surface area (Å²) in [6.07, 6.45) is 0. The Morgan fingerprint density at radius 1 is 0.333 bits per heavy atom. The van der Waals surface area contributed by atoms with Crippen molar-refractivity contribution in [2.45, 2.75) is 111 Å². The molecular weight excluding hydrogens is 180 g/mol. The first-order valence-electron chi connectivity index (χ1n) is 56.0. The molecule has 0 fully saturated rings. The van der Waals surface area contributed by atoms with Crippen LogP contribution in [0, 0.1) is 0 Å². The third kappa shape index (κ3) is 0. The SMILES string of the molecule is [3HH].[3HH].[3HH].[3HH].[3HH].[3HH].[3HH].[3HH].[3HH].[3HH].[3HH].[3HH].[3HH].[3HH].[3HH].[3HH].[3HH].[3HH].[3HH].[3HH].[3HH].[3HH].[3HH].[3HH].[3HH].[3HH].[3HH].[3HH].[3H]C.[3H]C.[3H]C.[3H]C.[3H]C.[3H]C.[3H]C.[3H]C.[3H]C.[3H]C.[3H]C.[3H]C.[3H]C.[3H]C.[3H]C.[3H][3H].[3H][3H].[3H][3H].[3H][3H].[3H][3H].[3H][3H].[3H][3H].[3H][3H].[3H][3H].[3H][3H].[3H][3H].[3H][3H].[3H][3H].[3H][3H].[3H][3H].[3H][3H].[3H][3H].[3H][3H].[3H][3H].[3H][3H].[3H][3H].[3H][3H].[3H][3H].[3H][3H].[3H][3H].[3H][3H].[3H][3H].[3H][3H].[3H][3H].[3H][3H].[3H][3H].[3H][3H].[3H][3H].[3H][3H].[3H][3H].[3H][3H].[3H][3H].[3H][3H].[3H][3H].[3H][3H].[3H][3H]. The predicted molar refractivity (Wildman–Crippen MR) is 247 cm³/mol. The molecule has 0 nitrogen and oxygen atoms in total. The normalized spacial score (nSPS) is 28.9. The number of hydrogen-bond acceptors (Lipinski definition) is 0. The Kier molecular flexibility index (Phi) is 0. The first kappa shape index (κ1) is 0.938. The van der Waals surface area contributed by atoms with Gasteiger partial charge in [0, 0.05) is 182 Å². The zero-order valence-electron chi connectivity index (χ0n) is 112. The lowest BCUT2D eigenvalue weighted by Gasteiger charge is -0.0786. The molecule has 0 N–H and O–H groups in total. The highest BCUT2D eigenvalue weighted by atomic mass is 12.0. The Morgan fingerprint density at radius 2 is 0.333 bits per heavy atom. The second kappa shape index (κ2) is 0. The summed E-state index contributed by atoms with van der Waals surface area (Å²) < 4.78 is 496. The van der Waals surface area contributed by atoms with Crippen LogP contribution in [0.15, 0.2) is 0 Å². The number of hydrogen-bond donors (Lipinski definition) is 0. The van der Waals surface area contributed by atoms with Gasteiger partial charge >= 0.3 is 0 Å². The molecule has 0 atom stereocenters. The van der Waals surface area contributed by atoms with Crippen molar-refractivity contribution < 1.29 is 182 Å². The minimum atomic E-state index is 0. The molecule has 0 spiro atoms. The highest BCUT2D eigenvalue weighted by molar-refractivity contribution is 2.52. The van der Waals surface area contributed by atoms with E-state index in [0.717, 1.165) is 0 Å². The van der Waals surface area contributed by atoms with Gasteiger partial charge in [0.25, 0.3) is 0 Å². The zero-order chi connectivity index (χ0) is 112. The smallest absolute Gasteiger partial charge is 0.0194 e. The topological polar surface area (TPSA) is 0 Å². The van der Waals surface area contributed by atoms with E-state index in [4.69, 9.17) is 142 Å². The summed E-state index contributed by atoms with van der Waals surface area (Å²) in [6, 6.07) is 0. The highest BCUT2D eigenvalue weighted by Crippen LogP contribution is 0.158. The molecule has 0 amide bonds. The van der Waals surface area contributed by atoms with Gasteiger partial charge in [-0.25, -0.2) is 0 Å². The Labute approximate surface area is 301 Å². The quantitative estimate of drug-likeness (QED) is 0.250. The Bertz CT molecular complexity index is 68.8. The lowest BCUT2D eigenvalue weighted by Crippen LogP contribution is 0.143. The van der Waals surface area contributed by atoms with Gasteiger partial charge in [-0.15, -0.1) is 0 Å². The first-order chi connectivity index (χ1) is 56.0. The largest absolute Gasteiger partial charge is 0.0776 e. The van der Waals surface area contributed by atoms with Crippen LogP contribution in [0.25, 0.3) is 0 Å². The van der Waals surface area contributed by atoms with Crippen molar-refractivity contribution in [1.29, 1.82) is 0 Å². The molecule has 0 bridgehead atoms. The highest BCUT2D eigenvalue weighted by Gasteiger charge is -0.0636. The number of rotatable bonds is 0. The monoisotopic (exact) mass is 631 g/mol. The fourth-order valence-corrected chi connectivity index (χ4v) is 0. The van der Waals surface area contributed by atoms with Gasteiger partial charge < -0.3 is 0 Å². The molecule has 0 aromatic carbocycles. The van der Waals surface area contributed by atoms with E-state index in [1.165, 1.54) is 111 Å². The second-order valence-electron chi connectivity index (χ2n) is 0. The maximum absolute atomic E-state index is 5.75. The van der Waals surface area contributed by atoms with Crippen molar-refractivity contribution >= 4 is 0 Å². The molecule has 0 aromatic rings. The van der Waals surface area contributed by atoms with Crippen LogP contribution in [0.5, 0.6) is 0 Å². The zero-order valence-corrected chi connectivity index (χ0v) is 15.0. The van der Waals surface area contributed by atoms with Crippen molar-refractivity contribution in [1.82, 2.24) is 0 Å². The van der Waals surface area contributed by atoms with Gasteiger partial charge in [0.2, 0.25) is 0 Å². The predicted octanol–water partition coefficient (Wildman–Crippen LogP) is 26.5. The fraction of sp³-hybridized carbons (Fsp3) is 1.00. The van der Waals surface area contributed by atoms with Crippen LogP contribution in [0.1, 0.15) is 293 Å². The van der Waals surface area contributed by atoms with Crippen LogP contribution in [-0.4, -0.2) is 0 Å². The molecule has 0 heteroatoms. The van der Waals surface area contributed by atoms with Crippen molar-refractivity contribution in [3.05, 3.63) is 0 Å². The molecule has 258 valence electrons. The molecule has 0 aliphatic carbocycles. The average Bonchev–Trinajstić information content (AvgIpc) is 3.95. The molecular formula is C15H198. The summed E-state index contributed by atoms with van der Waals surface area (Å²) >= 11 is 0. The van der Waals surface area contributed by atoms with E-state index in [1.807, 2.05) is 0 Å². The van der Waals surface area contributed by atoms with Gasteiger partial charge in [0.15, 0.2) is 0 Å². The third-order valence-electron chi connectivity index (χ3n) is 0. The lowest BCUT2D eigenvalue weighted by atomic mass is 12.0. The second-order valence-corrected chi connectivity index (χ2v) is 0. The summed E-state index contributed by atoms with van der Waals surface area (Å²) in [4.78, 5) is 0. The van der Waals surface area contributed by atoms with Gasteiger partial charge in [-0.2, -0.15) is 0 Å². The van der Waals surface area contributed by atoms with E-state index in [0.29, 0.717) is 0 Å². The molecule has 15 heavy (non-hydrogen) atoms. The van der Waals surface area contributed by atoms with Gasteiger partial charge in [-0.1, -0.05) is 111 Å². The Balaban J connectivity index is -0.00000000277. The maximum atomic E-state index is 5.75. The Morgan fingerprint density at radius 3 is 0.333 bits per heavy atom. The molecule has 0 aliphatic heterocycles. The van der Waals surface area contributed by atoms with Crippen LogP contribution in [-0.2, 0) is 0 Å². The van der Waals surface area contributed by atoms with Gasteiger partial charge in [-0.3, -0.25) is 0 Å². The van der Waals surface area contributed by atoms with Crippen LogP contribution < -0.4 is 0 Å². The van der Waals surface area contributed by atoms with Gasteiger partial charge in [-0.05, 0) is 0 Å². The minimum Gasteiger partial charge on any atom is -0.0776 e. The molecule has 0 heterocycles. The van der Waals surface area contributed by atoms with Gasteiger partial charge in [0.05, 0.1) is 0 Å². The fourth-order valence-electron chi connectivity index (χ4n) is 0. The summed E-state index contributed by atoms with van der Waals surface area (Å²) in [5.41, 5.74) is 0. The summed E-state index contributed by atoms with van der Waals surface area (Å²) in [6.45, 7) is 0. The molecule has 0 saturated heterocycles. The van der Waals surface area contributed by atoms with Gasteiger partial charge in [0.1, 0.15) is 0 Å². The van der Waals surface area contributed by atoms with Crippen LogP contribution in [0.2, 0.25) is 0 Å². The molecule has 0 unspecified atom stereocenters. The van der Waals surface area contributed by atoms with Crippen LogP contribution in [0.4, 0.5) is 0 Å². The van der Waals surface area contributed by atoms with E-state index >= 15 is 0 Å². The lowest BCUT2D eigenvalue weighted by molar-refractivity contribution is 2.50. The maximum Gasteiger partial charge on any atom is 0.0194 e. The van der Waals surface area contributed by atoms with Crippen LogP contribution in [0.3, 0.4) is 0 Å². The first-order valence-corrected chi connectivity index (χ1v) is 0. The average molecular weight is 631 g/mol. The summed E-state index contributed by atoms with van der Waals surface area (Å²) in [5, 5.41) is 0. The van der Waals surface area contributed by atoms with E-state index in [-0.39, 0.29) is 39.9 Å². The van der Waals surface area contributed by atoms with E-state index in [1.54, 1.807) is 0 Å². The van der Waals surface area contributed by atoms with Crippen molar-refractivity contribution in [2.24, 2.45) is 0 Å².